The molecular weight excluding hydrogens is 200 g/mol. The highest BCUT2D eigenvalue weighted by Gasteiger charge is 2.00. The number of hydrogen-bond acceptors (Lipinski definition) is 1. The van der Waals surface area contributed by atoms with Gasteiger partial charge in [-0.05, 0) is 17.9 Å². The summed E-state index contributed by atoms with van der Waals surface area (Å²) in [5.74, 6) is 0.486. The molecule has 16 heavy (non-hydrogen) atoms. The van der Waals surface area contributed by atoms with Gasteiger partial charge in [-0.1, -0.05) is 44.2 Å². The molecule has 0 unspecified atom stereocenters. The van der Waals surface area contributed by atoms with Crippen LogP contribution in [0.4, 0.5) is 4.79 Å². The second kappa shape index (κ2) is 6.88. The molecule has 0 aliphatic heterocycles. The topological polar surface area (TPSA) is 41.1 Å². The molecule has 0 aliphatic carbocycles. The first-order valence-corrected chi connectivity index (χ1v) is 5.74. The van der Waals surface area contributed by atoms with Crippen LogP contribution in [0.5, 0.6) is 0 Å². The number of urea groups is 1. The van der Waals surface area contributed by atoms with E-state index in [0.717, 1.165) is 13.0 Å². The van der Waals surface area contributed by atoms with E-state index in [1.807, 2.05) is 18.2 Å². The minimum atomic E-state index is -0.0790. The average Bonchev–Trinajstić information content (AvgIpc) is 2.28. The predicted molar refractivity (Wildman–Crippen MR) is 66.4 cm³/mol. The van der Waals surface area contributed by atoms with E-state index in [0.29, 0.717) is 12.5 Å². The van der Waals surface area contributed by atoms with Gasteiger partial charge in [-0.2, -0.15) is 0 Å². The molecule has 0 aromatic heterocycles. The van der Waals surface area contributed by atoms with Crippen LogP contribution in [0.2, 0.25) is 0 Å². The van der Waals surface area contributed by atoms with Crippen molar-refractivity contribution >= 4 is 6.03 Å². The predicted octanol–water partition coefficient (Wildman–Crippen LogP) is 2.18. The van der Waals surface area contributed by atoms with Crippen molar-refractivity contribution in [3.63, 3.8) is 0 Å². The van der Waals surface area contributed by atoms with Gasteiger partial charge in [0.1, 0.15) is 0 Å². The lowest BCUT2D eigenvalue weighted by Gasteiger charge is -2.09. The van der Waals surface area contributed by atoms with Gasteiger partial charge in [0.15, 0.2) is 0 Å². The highest BCUT2D eigenvalue weighted by molar-refractivity contribution is 5.73. The van der Waals surface area contributed by atoms with Crippen LogP contribution < -0.4 is 10.6 Å². The Kier molecular flexibility index (Phi) is 5.40. The Balaban J connectivity index is 2.13. The van der Waals surface area contributed by atoms with Crippen LogP contribution in [-0.2, 0) is 6.42 Å². The summed E-state index contributed by atoms with van der Waals surface area (Å²) in [6.45, 7) is 5.54. The maximum atomic E-state index is 11.3. The van der Waals surface area contributed by atoms with Crippen molar-refractivity contribution in [3.05, 3.63) is 35.9 Å². The number of nitrogens with one attached hydrogen (secondary N) is 2. The Bertz CT molecular complexity index is 309. The zero-order chi connectivity index (χ0) is 11.8. The largest absolute Gasteiger partial charge is 0.338 e. The van der Waals surface area contributed by atoms with Gasteiger partial charge >= 0.3 is 6.03 Å². The monoisotopic (exact) mass is 220 g/mol. The molecule has 0 saturated heterocycles. The lowest BCUT2D eigenvalue weighted by atomic mass is 10.1. The van der Waals surface area contributed by atoms with E-state index < -0.39 is 0 Å². The summed E-state index contributed by atoms with van der Waals surface area (Å²) in [6, 6.07) is 10.1. The molecule has 0 spiro atoms. The van der Waals surface area contributed by atoms with E-state index in [2.05, 4.69) is 36.6 Å². The molecule has 1 aromatic carbocycles. The van der Waals surface area contributed by atoms with Crippen molar-refractivity contribution in [2.75, 3.05) is 13.1 Å². The first-order chi connectivity index (χ1) is 7.68. The summed E-state index contributed by atoms with van der Waals surface area (Å²) in [5.41, 5.74) is 1.24. The molecule has 1 aromatic rings. The van der Waals surface area contributed by atoms with Crippen LogP contribution in [0.3, 0.4) is 0 Å². The number of amides is 2. The van der Waals surface area contributed by atoms with Crippen LogP contribution in [0.25, 0.3) is 0 Å². The molecule has 2 N–H and O–H groups in total. The van der Waals surface area contributed by atoms with Gasteiger partial charge in [-0.25, -0.2) is 4.79 Å². The summed E-state index contributed by atoms with van der Waals surface area (Å²) in [5, 5.41) is 5.65. The Morgan fingerprint density at radius 3 is 2.50 bits per heavy atom. The van der Waals surface area contributed by atoms with Gasteiger partial charge in [-0.3, -0.25) is 0 Å². The molecule has 0 bridgehead atoms. The van der Waals surface area contributed by atoms with Gasteiger partial charge in [-0.15, -0.1) is 0 Å². The maximum Gasteiger partial charge on any atom is 0.314 e. The normalized spacial score (nSPS) is 10.2. The van der Waals surface area contributed by atoms with Gasteiger partial charge in [0.05, 0.1) is 0 Å². The molecule has 3 nitrogen and oxygen atoms in total. The Hall–Kier alpha value is -1.51. The van der Waals surface area contributed by atoms with Crippen LogP contribution in [-0.4, -0.2) is 19.1 Å². The van der Waals surface area contributed by atoms with E-state index in [1.54, 1.807) is 0 Å². The van der Waals surface area contributed by atoms with Crippen LogP contribution >= 0.6 is 0 Å². The van der Waals surface area contributed by atoms with Crippen LogP contribution in [0.15, 0.2) is 30.3 Å². The van der Waals surface area contributed by atoms with Crippen LogP contribution in [0.1, 0.15) is 19.4 Å². The second-order valence-corrected chi connectivity index (χ2v) is 4.27. The minimum absolute atomic E-state index is 0.0790. The molecule has 2 amide bonds. The van der Waals surface area contributed by atoms with Gasteiger partial charge in [0.25, 0.3) is 0 Å². The Labute approximate surface area is 97.2 Å². The standard InChI is InChI=1S/C13H20N2O/c1-11(2)10-15-13(16)14-9-8-12-6-4-3-5-7-12/h3-7,11H,8-10H2,1-2H3,(H2,14,15,16). The molecule has 0 fully saturated rings. The summed E-state index contributed by atoms with van der Waals surface area (Å²) in [4.78, 5) is 11.3. The van der Waals surface area contributed by atoms with E-state index in [9.17, 15) is 4.79 Å². The maximum absolute atomic E-state index is 11.3. The molecule has 1 rings (SSSR count). The number of hydrogen-bond donors (Lipinski definition) is 2. The third kappa shape index (κ3) is 5.39. The zero-order valence-electron chi connectivity index (χ0n) is 9.99. The van der Waals surface area contributed by atoms with E-state index >= 15 is 0 Å². The third-order valence-corrected chi connectivity index (χ3v) is 2.21. The molecular formula is C13H20N2O. The smallest absolute Gasteiger partial charge is 0.314 e. The second-order valence-electron chi connectivity index (χ2n) is 4.27. The molecule has 0 saturated carbocycles. The minimum Gasteiger partial charge on any atom is -0.338 e. The summed E-state index contributed by atoms with van der Waals surface area (Å²) < 4.78 is 0. The summed E-state index contributed by atoms with van der Waals surface area (Å²) in [7, 11) is 0. The SMILES string of the molecule is CC(C)CNC(=O)NCCc1ccccc1. The van der Waals surface area contributed by atoms with Gasteiger partial charge < -0.3 is 10.6 Å². The molecule has 3 heteroatoms. The van der Waals surface area contributed by atoms with Gasteiger partial charge in [0.2, 0.25) is 0 Å². The van der Waals surface area contributed by atoms with E-state index in [1.165, 1.54) is 5.56 Å². The fourth-order valence-electron chi connectivity index (χ4n) is 1.32. The van der Waals surface area contributed by atoms with Crippen molar-refractivity contribution in [2.24, 2.45) is 5.92 Å². The number of benzene rings is 1. The number of carbonyl (C=O) groups is 1. The molecule has 0 aliphatic rings. The van der Waals surface area contributed by atoms with E-state index in [4.69, 9.17) is 0 Å². The highest BCUT2D eigenvalue weighted by Crippen LogP contribution is 1.97. The fourth-order valence-corrected chi connectivity index (χ4v) is 1.32. The zero-order valence-corrected chi connectivity index (χ0v) is 9.99. The Morgan fingerprint density at radius 2 is 1.88 bits per heavy atom. The van der Waals surface area contributed by atoms with Crippen LogP contribution in [0, 0.1) is 5.92 Å². The third-order valence-electron chi connectivity index (χ3n) is 2.21. The Morgan fingerprint density at radius 1 is 1.19 bits per heavy atom. The van der Waals surface area contributed by atoms with E-state index in [-0.39, 0.29) is 6.03 Å². The number of rotatable bonds is 5. The average molecular weight is 220 g/mol. The quantitative estimate of drug-likeness (QED) is 0.784. The first kappa shape index (κ1) is 12.6. The molecule has 0 heterocycles. The van der Waals surface area contributed by atoms with Crippen molar-refractivity contribution in [1.29, 1.82) is 0 Å². The summed E-state index contributed by atoms with van der Waals surface area (Å²) in [6.07, 6.45) is 0.871. The van der Waals surface area contributed by atoms with Crippen molar-refractivity contribution in [3.8, 4) is 0 Å². The van der Waals surface area contributed by atoms with Gasteiger partial charge in [0, 0.05) is 13.1 Å². The molecule has 0 atom stereocenters. The van der Waals surface area contributed by atoms with Crippen molar-refractivity contribution < 1.29 is 4.79 Å². The summed E-state index contributed by atoms with van der Waals surface area (Å²) >= 11 is 0. The highest BCUT2D eigenvalue weighted by atomic mass is 16.2. The fraction of sp³-hybridized carbons (Fsp3) is 0.462. The van der Waals surface area contributed by atoms with Crippen molar-refractivity contribution in [1.82, 2.24) is 10.6 Å². The number of carbonyl (C=O) groups excluding carboxylic acids is 1. The first-order valence-electron chi connectivity index (χ1n) is 5.74. The molecule has 0 radical (unpaired) electrons. The van der Waals surface area contributed by atoms with Crippen molar-refractivity contribution in [2.45, 2.75) is 20.3 Å². The lowest BCUT2D eigenvalue weighted by Crippen LogP contribution is -2.38. The lowest BCUT2D eigenvalue weighted by molar-refractivity contribution is 0.239. The molecule has 88 valence electrons.